The molecule has 0 saturated heterocycles. The van der Waals surface area contributed by atoms with Crippen LogP contribution in [-0.4, -0.2) is 15.8 Å². The van der Waals surface area contributed by atoms with Crippen LogP contribution >= 0.6 is 15.9 Å². The lowest BCUT2D eigenvalue weighted by molar-refractivity contribution is 0.103. The zero-order chi connectivity index (χ0) is 14.3. The van der Waals surface area contributed by atoms with Crippen LogP contribution in [0, 0.1) is 6.92 Å². The molecule has 2 aromatic heterocycles. The number of carbonyl (C=O) groups excluding carboxylic acids is 1. The number of H-pyrrole nitrogens is 1. The second-order valence-corrected chi connectivity index (χ2v) is 5.19. The Morgan fingerprint density at radius 2 is 2.10 bits per heavy atom. The summed E-state index contributed by atoms with van der Waals surface area (Å²) >= 11 is 3.23. The Hall–Kier alpha value is -2.21. The van der Waals surface area contributed by atoms with Crippen molar-refractivity contribution in [2.75, 3.05) is 0 Å². The van der Waals surface area contributed by atoms with Crippen LogP contribution in [0.4, 0.5) is 0 Å². The number of ketones is 1. The van der Waals surface area contributed by atoms with Crippen molar-refractivity contribution in [2.45, 2.75) is 6.92 Å². The number of hydrogen-bond acceptors (Lipinski definition) is 4. The van der Waals surface area contributed by atoms with E-state index in [2.05, 4.69) is 25.9 Å². The lowest BCUT2D eigenvalue weighted by Crippen LogP contribution is -2.02. The Kier molecular flexibility index (Phi) is 3.02. The minimum absolute atomic E-state index is 0.151. The maximum atomic E-state index is 12.4. The molecule has 100 valence electrons. The van der Waals surface area contributed by atoms with Crippen LogP contribution in [0.15, 0.2) is 44.3 Å². The molecule has 20 heavy (non-hydrogen) atoms. The Labute approximate surface area is 121 Å². The number of fused-ring (bicyclic) bond motifs is 1. The SMILES string of the molecule is Cc1cc(C(=O)c2ccnc(Br)c2)cc2oc(=O)[nH]c12. The van der Waals surface area contributed by atoms with Crippen LogP contribution < -0.4 is 5.76 Å². The van der Waals surface area contributed by atoms with Gasteiger partial charge in [0, 0.05) is 17.3 Å². The molecule has 0 bridgehead atoms. The number of rotatable bonds is 2. The Balaban J connectivity index is 2.14. The van der Waals surface area contributed by atoms with Gasteiger partial charge in [0.05, 0.1) is 5.52 Å². The van der Waals surface area contributed by atoms with E-state index in [1.807, 2.05) is 6.92 Å². The number of pyridine rings is 1. The highest BCUT2D eigenvalue weighted by Gasteiger charge is 2.14. The molecular formula is C14H9BrN2O3. The summed E-state index contributed by atoms with van der Waals surface area (Å²) < 4.78 is 5.61. The third kappa shape index (κ3) is 2.18. The molecular weight excluding hydrogens is 324 g/mol. The zero-order valence-corrected chi connectivity index (χ0v) is 12.0. The molecule has 0 atom stereocenters. The van der Waals surface area contributed by atoms with Crippen molar-refractivity contribution in [3.05, 3.63) is 62.3 Å². The summed E-state index contributed by atoms with van der Waals surface area (Å²) in [6.45, 7) is 1.81. The standard InChI is InChI=1S/C14H9BrN2O3/c1-7-4-9(5-10-12(7)17-14(19)20-10)13(18)8-2-3-16-11(15)6-8/h2-6H,1H3,(H,17,19). The second kappa shape index (κ2) is 4.72. The van der Waals surface area contributed by atoms with Crippen LogP contribution in [0.2, 0.25) is 0 Å². The van der Waals surface area contributed by atoms with Gasteiger partial charge in [0.2, 0.25) is 0 Å². The number of hydrogen-bond donors (Lipinski definition) is 1. The highest BCUT2D eigenvalue weighted by Crippen LogP contribution is 2.20. The normalized spacial score (nSPS) is 10.9. The molecule has 6 heteroatoms. The van der Waals surface area contributed by atoms with Crippen LogP contribution in [0.25, 0.3) is 11.1 Å². The number of oxazole rings is 1. The van der Waals surface area contributed by atoms with Gasteiger partial charge in [0.25, 0.3) is 0 Å². The second-order valence-electron chi connectivity index (χ2n) is 4.38. The molecule has 0 radical (unpaired) electrons. The molecule has 0 amide bonds. The third-order valence-corrected chi connectivity index (χ3v) is 3.41. The van der Waals surface area contributed by atoms with Crippen LogP contribution in [0.3, 0.4) is 0 Å². The van der Waals surface area contributed by atoms with Crippen molar-refractivity contribution < 1.29 is 9.21 Å². The highest BCUT2D eigenvalue weighted by molar-refractivity contribution is 9.10. The molecule has 0 saturated carbocycles. The van der Waals surface area contributed by atoms with Gasteiger partial charge in [-0.1, -0.05) is 0 Å². The van der Waals surface area contributed by atoms with E-state index in [-0.39, 0.29) is 5.78 Å². The Morgan fingerprint density at radius 1 is 1.30 bits per heavy atom. The summed E-state index contributed by atoms with van der Waals surface area (Å²) in [5.74, 6) is -0.679. The monoisotopic (exact) mass is 332 g/mol. The summed E-state index contributed by atoms with van der Waals surface area (Å²) in [4.78, 5) is 30.2. The molecule has 0 aliphatic carbocycles. The van der Waals surface area contributed by atoms with Crippen molar-refractivity contribution in [1.29, 1.82) is 0 Å². The van der Waals surface area contributed by atoms with Crippen molar-refractivity contribution in [3.8, 4) is 0 Å². The van der Waals surface area contributed by atoms with E-state index in [0.717, 1.165) is 5.56 Å². The van der Waals surface area contributed by atoms with Gasteiger partial charge >= 0.3 is 5.76 Å². The van der Waals surface area contributed by atoms with E-state index in [1.54, 1.807) is 30.5 Å². The van der Waals surface area contributed by atoms with Crippen LogP contribution in [-0.2, 0) is 0 Å². The van der Waals surface area contributed by atoms with Gasteiger partial charge in [0.15, 0.2) is 11.4 Å². The molecule has 0 unspecified atom stereocenters. The van der Waals surface area contributed by atoms with E-state index in [9.17, 15) is 9.59 Å². The minimum atomic E-state index is -0.528. The third-order valence-electron chi connectivity index (χ3n) is 2.98. The van der Waals surface area contributed by atoms with Gasteiger partial charge in [-0.15, -0.1) is 0 Å². The number of nitrogens with zero attached hydrogens (tertiary/aromatic N) is 1. The number of nitrogens with one attached hydrogen (secondary N) is 1. The van der Waals surface area contributed by atoms with Crippen molar-refractivity contribution in [2.24, 2.45) is 0 Å². The largest absolute Gasteiger partial charge is 0.417 e. The maximum absolute atomic E-state index is 12.4. The fraction of sp³-hybridized carbons (Fsp3) is 0.0714. The van der Waals surface area contributed by atoms with Gasteiger partial charge in [-0.25, -0.2) is 9.78 Å². The van der Waals surface area contributed by atoms with E-state index < -0.39 is 5.76 Å². The summed E-state index contributed by atoms with van der Waals surface area (Å²) in [5.41, 5.74) is 2.76. The molecule has 0 aliphatic rings. The highest BCUT2D eigenvalue weighted by atomic mass is 79.9. The fourth-order valence-electron chi connectivity index (χ4n) is 2.06. The quantitative estimate of drug-likeness (QED) is 0.578. The molecule has 0 aliphatic heterocycles. The molecule has 5 nitrogen and oxygen atoms in total. The first-order valence-corrected chi connectivity index (χ1v) is 6.63. The zero-order valence-electron chi connectivity index (χ0n) is 10.4. The number of aryl methyl sites for hydroxylation is 1. The number of aromatic nitrogens is 2. The van der Waals surface area contributed by atoms with Crippen molar-refractivity contribution in [3.63, 3.8) is 0 Å². The van der Waals surface area contributed by atoms with E-state index in [4.69, 9.17) is 4.42 Å². The first-order valence-electron chi connectivity index (χ1n) is 5.84. The minimum Gasteiger partial charge on any atom is -0.408 e. The van der Waals surface area contributed by atoms with Gasteiger partial charge in [0.1, 0.15) is 4.60 Å². The molecule has 3 rings (SSSR count). The summed E-state index contributed by atoms with van der Waals surface area (Å²) in [6, 6.07) is 6.58. The van der Waals surface area contributed by atoms with Gasteiger partial charge in [-0.05, 0) is 52.7 Å². The Morgan fingerprint density at radius 3 is 2.85 bits per heavy atom. The van der Waals surface area contributed by atoms with Crippen molar-refractivity contribution >= 4 is 32.8 Å². The maximum Gasteiger partial charge on any atom is 0.417 e. The number of halogens is 1. The smallest absolute Gasteiger partial charge is 0.408 e. The first-order chi connectivity index (χ1) is 9.54. The topological polar surface area (TPSA) is 76.0 Å². The molecule has 1 N–H and O–H groups in total. The number of benzene rings is 1. The first kappa shape index (κ1) is 12.8. The van der Waals surface area contributed by atoms with Gasteiger partial charge in [-0.2, -0.15) is 0 Å². The average Bonchev–Trinajstić information content (AvgIpc) is 2.79. The van der Waals surface area contributed by atoms with E-state index >= 15 is 0 Å². The lowest BCUT2D eigenvalue weighted by atomic mass is 10.0. The number of aromatic amines is 1. The average molecular weight is 333 g/mol. The van der Waals surface area contributed by atoms with E-state index in [1.165, 1.54) is 0 Å². The molecule has 2 heterocycles. The molecule has 0 fully saturated rings. The Bertz CT molecular complexity index is 880. The van der Waals surface area contributed by atoms with Gasteiger partial charge < -0.3 is 4.42 Å². The lowest BCUT2D eigenvalue weighted by Gasteiger charge is -2.03. The predicted octanol–water partition coefficient (Wildman–Crippen LogP) is 2.82. The van der Waals surface area contributed by atoms with Crippen molar-refractivity contribution in [1.82, 2.24) is 9.97 Å². The van der Waals surface area contributed by atoms with Crippen LogP contribution in [0.1, 0.15) is 21.5 Å². The summed E-state index contributed by atoms with van der Waals surface area (Å²) in [5, 5.41) is 0. The fourth-order valence-corrected chi connectivity index (χ4v) is 2.43. The number of carbonyl (C=O) groups is 1. The van der Waals surface area contributed by atoms with Crippen LogP contribution in [0.5, 0.6) is 0 Å². The summed E-state index contributed by atoms with van der Waals surface area (Å²) in [7, 11) is 0. The molecule has 1 aromatic carbocycles. The van der Waals surface area contributed by atoms with Gasteiger partial charge in [-0.3, -0.25) is 9.78 Å². The molecule has 0 spiro atoms. The van der Waals surface area contributed by atoms with E-state index in [0.29, 0.717) is 26.8 Å². The predicted molar refractivity (Wildman–Crippen MR) is 76.9 cm³/mol. The molecule has 3 aromatic rings. The summed E-state index contributed by atoms with van der Waals surface area (Å²) in [6.07, 6.45) is 1.55.